The molecule has 2 fully saturated rings. The zero-order chi connectivity index (χ0) is 16.8. The second kappa shape index (κ2) is 8.47. The van der Waals surface area contributed by atoms with Gasteiger partial charge < -0.3 is 10.6 Å². The van der Waals surface area contributed by atoms with Gasteiger partial charge in [0.1, 0.15) is 0 Å². The molecule has 1 saturated heterocycles. The van der Waals surface area contributed by atoms with Crippen LogP contribution in [0.15, 0.2) is 29.4 Å². The van der Waals surface area contributed by atoms with Gasteiger partial charge in [0.2, 0.25) is 0 Å². The molecule has 2 aliphatic rings. The van der Waals surface area contributed by atoms with E-state index in [0.717, 1.165) is 50.0 Å². The van der Waals surface area contributed by atoms with E-state index in [9.17, 15) is 0 Å². The number of hydrogen-bond acceptors (Lipinski definition) is 3. The van der Waals surface area contributed by atoms with Gasteiger partial charge in [0.25, 0.3) is 0 Å². The Morgan fingerprint density at radius 3 is 2.79 bits per heavy atom. The lowest BCUT2D eigenvalue weighted by Crippen LogP contribution is -2.49. The van der Waals surface area contributed by atoms with Crippen molar-refractivity contribution in [2.24, 2.45) is 10.9 Å². The maximum Gasteiger partial charge on any atom is 0.191 e. The molecule has 0 radical (unpaired) electrons. The average molecular weight is 329 g/mol. The highest BCUT2D eigenvalue weighted by molar-refractivity contribution is 5.80. The number of pyridine rings is 1. The highest BCUT2D eigenvalue weighted by Gasteiger charge is 2.36. The summed E-state index contributed by atoms with van der Waals surface area (Å²) in [7, 11) is 1.88. The number of guanidine groups is 1. The first-order chi connectivity index (χ1) is 11.8. The smallest absolute Gasteiger partial charge is 0.191 e. The second-order valence-corrected chi connectivity index (χ2v) is 7.12. The minimum absolute atomic E-state index is 0.527. The first kappa shape index (κ1) is 17.2. The molecular formula is C19H31N5. The van der Waals surface area contributed by atoms with E-state index in [1.54, 1.807) is 0 Å². The fourth-order valence-corrected chi connectivity index (χ4v) is 3.61. The third-order valence-corrected chi connectivity index (χ3v) is 5.17. The summed E-state index contributed by atoms with van der Waals surface area (Å²) < 4.78 is 0. The van der Waals surface area contributed by atoms with Gasteiger partial charge >= 0.3 is 0 Å². The topological polar surface area (TPSA) is 52.6 Å². The lowest BCUT2D eigenvalue weighted by atomic mass is 10.0. The number of hydrogen-bond donors (Lipinski definition) is 2. The van der Waals surface area contributed by atoms with Crippen molar-refractivity contribution >= 4 is 5.96 Å². The number of aromatic nitrogens is 1. The summed E-state index contributed by atoms with van der Waals surface area (Å²) in [6.45, 7) is 5.46. The number of piperidine rings is 1. The van der Waals surface area contributed by atoms with Gasteiger partial charge in [-0.2, -0.15) is 0 Å². The maximum atomic E-state index is 4.43. The van der Waals surface area contributed by atoms with E-state index in [1.807, 2.05) is 19.3 Å². The van der Waals surface area contributed by atoms with E-state index in [4.69, 9.17) is 0 Å². The molecule has 0 spiro atoms. The van der Waals surface area contributed by atoms with Crippen LogP contribution in [0.5, 0.6) is 0 Å². The average Bonchev–Trinajstić information content (AvgIpc) is 3.35. The zero-order valence-corrected chi connectivity index (χ0v) is 15.0. The third-order valence-electron chi connectivity index (χ3n) is 5.17. The Hall–Kier alpha value is -1.62. The summed E-state index contributed by atoms with van der Waals surface area (Å²) in [4.78, 5) is 11.3. The van der Waals surface area contributed by atoms with Gasteiger partial charge in [0.15, 0.2) is 5.96 Å². The van der Waals surface area contributed by atoms with Crippen LogP contribution >= 0.6 is 0 Å². The van der Waals surface area contributed by atoms with E-state index >= 15 is 0 Å². The fraction of sp³-hybridized carbons (Fsp3) is 0.684. The van der Waals surface area contributed by atoms with Gasteiger partial charge in [-0.05, 0) is 43.7 Å². The van der Waals surface area contributed by atoms with Crippen molar-refractivity contribution in [2.75, 3.05) is 20.1 Å². The van der Waals surface area contributed by atoms with Crippen molar-refractivity contribution in [3.05, 3.63) is 30.1 Å². The van der Waals surface area contributed by atoms with Crippen molar-refractivity contribution < 1.29 is 0 Å². The van der Waals surface area contributed by atoms with E-state index in [1.165, 1.54) is 19.3 Å². The lowest BCUT2D eigenvalue weighted by Gasteiger charge is -2.32. The molecule has 0 bridgehead atoms. The lowest BCUT2D eigenvalue weighted by molar-refractivity contribution is 0.196. The van der Waals surface area contributed by atoms with Crippen molar-refractivity contribution in [1.82, 2.24) is 20.5 Å². The molecule has 2 atom stereocenters. The quantitative estimate of drug-likeness (QED) is 0.622. The van der Waals surface area contributed by atoms with Crippen molar-refractivity contribution in [2.45, 2.75) is 57.7 Å². The summed E-state index contributed by atoms with van der Waals surface area (Å²) in [6, 6.07) is 7.32. The third kappa shape index (κ3) is 4.94. The number of nitrogens with zero attached hydrogens (tertiary/aromatic N) is 3. The van der Waals surface area contributed by atoms with Crippen LogP contribution in [-0.4, -0.2) is 48.1 Å². The molecule has 5 heteroatoms. The summed E-state index contributed by atoms with van der Waals surface area (Å²) in [5, 5.41) is 7.21. The number of likely N-dealkylation sites (tertiary alicyclic amines) is 1. The van der Waals surface area contributed by atoms with Gasteiger partial charge in [-0.25, -0.2) is 0 Å². The Bertz CT molecular complexity index is 522. The van der Waals surface area contributed by atoms with Crippen LogP contribution < -0.4 is 10.6 Å². The van der Waals surface area contributed by atoms with E-state index < -0.39 is 0 Å². The molecule has 132 valence electrons. The van der Waals surface area contributed by atoms with Crippen molar-refractivity contribution in [3.8, 4) is 0 Å². The van der Waals surface area contributed by atoms with Crippen LogP contribution in [0.3, 0.4) is 0 Å². The van der Waals surface area contributed by atoms with Crippen LogP contribution in [0.1, 0.15) is 44.7 Å². The molecule has 2 heterocycles. The summed E-state index contributed by atoms with van der Waals surface area (Å²) in [6.07, 6.45) is 8.12. The minimum Gasteiger partial charge on any atom is -0.354 e. The number of aliphatic imine (C=N–C) groups is 1. The number of nitrogens with one attached hydrogen (secondary N) is 2. The standard InChI is InChI=1S/C19H31N5/c1-3-6-15-13-18(15)23-19(20-2)22-16-8-11-24(12-9-16)14-17-7-4-5-10-21-17/h4-5,7,10,15-16,18H,3,6,8-9,11-14H2,1-2H3,(H2,20,22,23). The van der Waals surface area contributed by atoms with Gasteiger partial charge in [-0.15, -0.1) is 0 Å². The summed E-state index contributed by atoms with van der Waals surface area (Å²) >= 11 is 0. The minimum atomic E-state index is 0.527. The predicted molar refractivity (Wildman–Crippen MR) is 99.0 cm³/mol. The predicted octanol–water partition coefficient (Wildman–Crippen LogP) is 2.40. The fourth-order valence-electron chi connectivity index (χ4n) is 3.61. The molecule has 2 N–H and O–H groups in total. The van der Waals surface area contributed by atoms with Crippen LogP contribution in [0.2, 0.25) is 0 Å². The highest BCUT2D eigenvalue weighted by atomic mass is 15.2. The van der Waals surface area contributed by atoms with Gasteiger partial charge in [-0.3, -0.25) is 14.9 Å². The molecule has 0 aromatic carbocycles. The van der Waals surface area contributed by atoms with Gasteiger partial charge in [-0.1, -0.05) is 19.4 Å². The van der Waals surface area contributed by atoms with Crippen molar-refractivity contribution in [3.63, 3.8) is 0 Å². The van der Waals surface area contributed by atoms with Crippen molar-refractivity contribution in [1.29, 1.82) is 0 Å². The molecule has 1 saturated carbocycles. The van der Waals surface area contributed by atoms with E-state index in [0.29, 0.717) is 12.1 Å². The van der Waals surface area contributed by atoms with E-state index in [2.05, 4.69) is 44.6 Å². The first-order valence-electron chi connectivity index (χ1n) is 9.40. The number of rotatable bonds is 6. The summed E-state index contributed by atoms with van der Waals surface area (Å²) in [5.41, 5.74) is 1.16. The molecule has 1 aliphatic carbocycles. The van der Waals surface area contributed by atoms with Crippen LogP contribution in [0, 0.1) is 5.92 Å². The van der Waals surface area contributed by atoms with Crippen LogP contribution in [0.4, 0.5) is 0 Å². The molecule has 0 amide bonds. The molecule has 1 aromatic heterocycles. The summed E-state index contributed by atoms with van der Waals surface area (Å²) in [5.74, 6) is 1.84. The molecule has 1 aliphatic heterocycles. The maximum absolute atomic E-state index is 4.43. The SMILES string of the molecule is CCCC1CC1NC(=NC)NC1CCN(Cc2ccccn2)CC1. The van der Waals surface area contributed by atoms with Crippen LogP contribution in [0.25, 0.3) is 0 Å². The van der Waals surface area contributed by atoms with Gasteiger partial charge in [0, 0.05) is 45.0 Å². The Morgan fingerprint density at radius 1 is 1.29 bits per heavy atom. The Morgan fingerprint density at radius 2 is 2.12 bits per heavy atom. The largest absolute Gasteiger partial charge is 0.354 e. The van der Waals surface area contributed by atoms with Crippen LogP contribution in [-0.2, 0) is 6.54 Å². The Balaban J connectivity index is 1.38. The molecule has 24 heavy (non-hydrogen) atoms. The molecule has 5 nitrogen and oxygen atoms in total. The molecular weight excluding hydrogens is 298 g/mol. The normalized spacial score (nSPS) is 25.5. The first-order valence-corrected chi connectivity index (χ1v) is 9.40. The zero-order valence-electron chi connectivity index (χ0n) is 15.0. The molecule has 2 unspecified atom stereocenters. The monoisotopic (exact) mass is 329 g/mol. The Kier molecular flexibility index (Phi) is 6.07. The Labute approximate surface area is 146 Å². The second-order valence-electron chi connectivity index (χ2n) is 7.12. The highest BCUT2D eigenvalue weighted by Crippen LogP contribution is 2.34. The van der Waals surface area contributed by atoms with Gasteiger partial charge in [0.05, 0.1) is 5.69 Å². The molecule has 1 aromatic rings. The van der Waals surface area contributed by atoms with E-state index in [-0.39, 0.29) is 0 Å². The molecule has 3 rings (SSSR count).